The summed E-state index contributed by atoms with van der Waals surface area (Å²) in [6.07, 6.45) is 0.146. The van der Waals surface area contributed by atoms with E-state index in [4.69, 9.17) is 14.2 Å². The highest BCUT2D eigenvalue weighted by Gasteiger charge is 2.24. The smallest absolute Gasteiger partial charge is 0.333 e. The fourth-order valence-corrected chi connectivity index (χ4v) is 3.78. The number of para-hydroxylation sites is 4. The van der Waals surface area contributed by atoms with E-state index < -0.39 is 12.1 Å². The molecule has 1 aliphatic heterocycles. The lowest BCUT2D eigenvalue weighted by atomic mass is 10.1. The number of nitrogens with zero attached hydrogens (tertiary/aromatic N) is 1. The minimum absolute atomic E-state index is 0.0934. The first-order chi connectivity index (χ1) is 16.0. The van der Waals surface area contributed by atoms with Crippen molar-refractivity contribution in [1.29, 1.82) is 0 Å². The quantitative estimate of drug-likeness (QED) is 0.422. The molecule has 6 nitrogen and oxygen atoms in total. The van der Waals surface area contributed by atoms with E-state index in [0.29, 0.717) is 19.6 Å². The van der Waals surface area contributed by atoms with E-state index in [1.807, 2.05) is 86.6 Å². The Kier molecular flexibility index (Phi) is 7.15. The van der Waals surface area contributed by atoms with E-state index in [1.54, 1.807) is 0 Å². The SMILES string of the molecule is CCC(C)O[C@@H](Cc1ccc(OCCN2c3ccccc3Oc3ccccc32)cc1)C(=O)O. The summed E-state index contributed by atoms with van der Waals surface area (Å²) in [5, 5.41) is 9.45. The summed E-state index contributed by atoms with van der Waals surface area (Å²) in [5.74, 6) is 1.45. The predicted octanol–water partition coefficient (Wildman–Crippen LogP) is 5.82. The van der Waals surface area contributed by atoms with E-state index in [9.17, 15) is 9.90 Å². The van der Waals surface area contributed by atoms with Gasteiger partial charge in [0.05, 0.1) is 24.0 Å². The molecule has 0 aliphatic carbocycles. The number of carboxylic acids is 1. The first-order valence-electron chi connectivity index (χ1n) is 11.3. The second kappa shape index (κ2) is 10.4. The predicted molar refractivity (Wildman–Crippen MR) is 128 cm³/mol. The molecule has 0 amide bonds. The molecule has 2 atom stereocenters. The zero-order valence-electron chi connectivity index (χ0n) is 18.9. The van der Waals surface area contributed by atoms with Crippen molar-refractivity contribution < 1.29 is 24.1 Å². The van der Waals surface area contributed by atoms with Crippen LogP contribution in [-0.2, 0) is 16.0 Å². The van der Waals surface area contributed by atoms with Crippen molar-refractivity contribution in [3.8, 4) is 17.2 Å². The Bertz CT molecular complexity index is 1040. The van der Waals surface area contributed by atoms with Gasteiger partial charge in [-0.05, 0) is 55.3 Å². The number of hydrogen-bond acceptors (Lipinski definition) is 5. The molecule has 0 saturated carbocycles. The molecule has 4 rings (SSSR count). The molecular weight excluding hydrogens is 418 g/mol. The van der Waals surface area contributed by atoms with Crippen LogP contribution in [0.1, 0.15) is 25.8 Å². The topological polar surface area (TPSA) is 68.2 Å². The van der Waals surface area contributed by atoms with Gasteiger partial charge in [-0.15, -0.1) is 0 Å². The van der Waals surface area contributed by atoms with E-state index in [2.05, 4.69) is 4.90 Å². The Morgan fingerprint density at radius 1 is 0.970 bits per heavy atom. The molecule has 0 saturated heterocycles. The zero-order valence-corrected chi connectivity index (χ0v) is 18.9. The van der Waals surface area contributed by atoms with Gasteiger partial charge in [0.25, 0.3) is 0 Å². The third-order valence-corrected chi connectivity index (χ3v) is 5.71. The van der Waals surface area contributed by atoms with Crippen molar-refractivity contribution in [3.05, 3.63) is 78.4 Å². The maximum absolute atomic E-state index is 11.5. The van der Waals surface area contributed by atoms with Gasteiger partial charge >= 0.3 is 5.97 Å². The van der Waals surface area contributed by atoms with Crippen LogP contribution >= 0.6 is 0 Å². The third kappa shape index (κ3) is 5.46. The average Bonchev–Trinajstić information content (AvgIpc) is 2.84. The minimum Gasteiger partial charge on any atom is -0.492 e. The number of anilines is 2. The van der Waals surface area contributed by atoms with Gasteiger partial charge in [-0.2, -0.15) is 0 Å². The van der Waals surface area contributed by atoms with Gasteiger partial charge in [-0.3, -0.25) is 0 Å². The molecule has 0 spiro atoms. The number of rotatable bonds is 10. The van der Waals surface area contributed by atoms with Crippen molar-refractivity contribution in [1.82, 2.24) is 0 Å². The zero-order chi connectivity index (χ0) is 23.2. The minimum atomic E-state index is -0.943. The van der Waals surface area contributed by atoms with E-state index >= 15 is 0 Å². The van der Waals surface area contributed by atoms with Crippen LogP contribution in [0.3, 0.4) is 0 Å². The molecule has 0 fully saturated rings. The third-order valence-electron chi connectivity index (χ3n) is 5.71. The fourth-order valence-electron chi connectivity index (χ4n) is 3.78. The fraction of sp³-hybridized carbons (Fsp3) is 0.296. The lowest BCUT2D eigenvalue weighted by molar-refractivity contribution is -0.153. The summed E-state index contributed by atoms with van der Waals surface area (Å²) in [5.41, 5.74) is 2.92. The lowest BCUT2D eigenvalue weighted by Crippen LogP contribution is -2.30. The Morgan fingerprint density at radius 3 is 2.15 bits per heavy atom. The van der Waals surface area contributed by atoms with E-state index in [0.717, 1.165) is 40.6 Å². The second-order valence-electron chi connectivity index (χ2n) is 8.07. The van der Waals surface area contributed by atoms with Crippen LogP contribution in [0.2, 0.25) is 0 Å². The van der Waals surface area contributed by atoms with Crippen molar-refractivity contribution in [2.24, 2.45) is 0 Å². The van der Waals surface area contributed by atoms with E-state index in [1.165, 1.54) is 0 Å². The second-order valence-corrected chi connectivity index (χ2v) is 8.07. The number of fused-ring (bicyclic) bond motifs is 2. The highest BCUT2D eigenvalue weighted by Crippen LogP contribution is 2.45. The number of benzene rings is 3. The van der Waals surface area contributed by atoms with Crippen LogP contribution in [0, 0.1) is 0 Å². The summed E-state index contributed by atoms with van der Waals surface area (Å²) >= 11 is 0. The summed E-state index contributed by atoms with van der Waals surface area (Å²) < 4.78 is 17.7. The van der Waals surface area contributed by atoms with Crippen LogP contribution in [0.5, 0.6) is 17.2 Å². The summed E-state index contributed by atoms with van der Waals surface area (Å²) in [6, 6.07) is 23.5. The molecule has 6 heteroatoms. The summed E-state index contributed by atoms with van der Waals surface area (Å²) in [4.78, 5) is 13.7. The number of carboxylic acid groups (broad SMARTS) is 1. The average molecular weight is 448 g/mol. The van der Waals surface area contributed by atoms with E-state index in [-0.39, 0.29) is 6.10 Å². The maximum Gasteiger partial charge on any atom is 0.333 e. The Hall–Kier alpha value is -3.51. The van der Waals surface area contributed by atoms with Crippen molar-refractivity contribution in [2.75, 3.05) is 18.1 Å². The molecule has 3 aromatic carbocycles. The Balaban J connectivity index is 1.37. The first kappa shape index (κ1) is 22.7. The summed E-state index contributed by atoms with van der Waals surface area (Å²) in [6.45, 7) is 5.00. The number of aliphatic carboxylic acids is 1. The van der Waals surface area contributed by atoms with Crippen LogP contribution in [-0.4, -0.2) is 36.4 Å². The molecule has 172 valence electrons. The standard InChI is InChI=1S/C27H29NO5/c1-3-19(2)32-26(27(29)30)18-20-12-14-21(15-13-20)31-17-16-28-22-8-4-6-10-24(22)33-25-11-7-5-9-23(25)28/h4-15,19,26H,3,16-18H2,1-2H3,(H,29,30)/t19?,26-/m0/s1. The van der Waals surface area contributed by atoms with Gasteiger partial charge in [-0.1, -0.05) is 43.3 Å². The van der Waals surface area contributed by atoms with Gasteiger partial charge in [0.2, 0.25) is 0 Å². The molecule has 0 bridgehead atoms. The number of carbonyl (C=O) groups is 1. The van der Waals surface area contributed by atoms with Crippen molar-refractivity contribution in [3.63, 3.8) is 0 Å². The molecule has 0 radical (unpaired) electrons. The highest BCUT2D eigenvalue weighted by atomic mass is 16.5. The first-order valence-corrected chi connectivity index (χ1v) is 11.3. The Labute approximate surface area is 194 Å². The van der Waals surface area contributed by atoms with Crippen LogP contribution in [0.4, 0.5) is 11.4 Å². The molecule has 1 unspecified atom stereocenters. The molecule has 1 aliphatic rings. The van der Waals surface area contributed by atoms with Gasteiger partial charge < -0.3 is 24.2 Å². The van der Waals surface area contributed by atoms with Crippen LogP contribution in [0.15, 0.2) is 72.8 Å². The number of ether oxygens (including phenoxy) is 3. The molecule has 1 heterocycles. The molecule has 3 aromatic rings. The largest absolute Gasteiger partial charge is 0.492 e. The normalized spacial score (nSPS) is 13.9. The van der Waals surface area contributed by atoms with Crippen LogP contribution < -0.4 is 14.4 Å². The van der Waals surface area contributed by atoms with Crippen LogP contribution in [0.25, 0.3) is 0 Å². The maximum atomic E-state index is 11.5. The lowest BCUT2D eigenvalue weighted by Gasteiger charge is -2.32. The molecule has 33 heavy (non-hydrogen) atoms. The Morgan fingerprint density at radius 2 is 1.58 bits per heavy atom. The molecular formula is C27H29NO5. The monoisotopic (exact) mass is 447 g/mol. The summed E-state index contributed by atoms with van der Waals surface area (Å²) in [7, 11) is 0. The van der Waals surface area contributed by atoms with Gasteiger partial charge in [0.1, 0.15) is 12.4 Å². The van der Waals surface area contributed by atoms with Gasteiger partial charge in [0, 0.05) is 6.42 Å². The molecule has 0 aromatic heterocycles. The highest BCUT2D eigenvalue weighted by molar-refractivity contribution is 5.77. The van der Waals surface area contributed by atoms with Crippen molar-refractivity contribution in [2.45, 2.75) is 38.9 Å². The van der Waals surface area contributed by atoms with Crippen molar-refractivity contribution >= 4 is 17.3 Å². The van der Waals surface area contributed by atoms with Gasteiger partial charge in [0.15, 0.2) is 17.6 Å². The number of hydrogen-bond donors (Lipinski definition) is 1. The molecule has 1 N–H and O–H groups in total. The van der Waals surface area contributed by atoms with Gasteiger partial charge in [-0.25, -0.2) is 4.79 Å².